The summed E-state index contributed by atoms with van der Waals surface area (Å²) in [6.07, 6.45) is -9.33. The Morgan fingerprint density at radius 2 is 1.61 bits per heavy atom. The van der Waals surface area contributed by atoms with Crippen LogP contribution in [-0.4, -0.2) is 43.1 Å². The summed E-state index contributed by atoms with van der Waals surface area (Å²) >= 11 is 0. The molecular formula is C17H15F6NO4. The fourth-order valence-corrected chi connectivity index (χ4v) is 2.26. The molecule has 0 N–H and O–H groups in total. The highest BCUT2D eigenvalue weighted by molar-refractivity contribution is 5.95. The fourth-order valence-electron chi connectivity index (χ4n) is 2.26. The van der Waals surface area contributed by atoms with E-state index >= 15 is 0 Å². The fraction of sp³-hybridized carbons (Fsp3) is 0.412. The number of esters is 1. The third kappa shape index (κ3) is 5.89. The lowest BCUT2D eigenvalue weighted by molar-refractivity contribution is -0.153. The van der Waals surface area contributed by atoms with Crippen LogP contribution in [0.25, 0.3) is 10.9 Å². The second-order valence-electron chi connectivity index (χ2n) is 5.67. The van der Waals surface area contributed by atoms with Gasteiger partial charge in [0.1, 0.15) is 22.7 Å². The molecule has 28 heavy (non-hydrogen) atoms. The Bertz CT molecular complexity index is 863. The van der Waals surface area contributed by atoms with E-state index in [0.29, 0.717) is 5.56 Å². The summed E-state index contributed by atoms with van der Waals surface area (Å²) in [5, 5.41) is 0.171. The number of rotatable bonds is 6. The maximum absolute atomic E-state index is 12.5. The molecule has 0 saturated heterocycles. The van der Waals surface area contributed by atoms with Gasteiger partial charge in [-0.1, -0.05) is 0 Å². The van der Waals surface area contributed by atoms with Gasteiger partial charge in [-0.25, -0.2) is 9.78 Å². The van der Waals surface area contributed by atoms with Gasteiger partial charge >= 0.3 is 18.3 Å². The van der Waals surface area contributed by atoms with E-state index in [9.17, 15) is 31.1 Å². The van der Waals surface area contributed by atoms with Gasteiger partial charge in [0, 0.05) is 11.5 Å². The first-order valence-corrected chi connectivity index (χ1v) is 7.91. The topological polar surface area (TPSA) is 57.7 Å². The maximum Gasteiger partial charge on any atom is 0.422 e. The van der Waals surface area contributed by atoms with Gasteiger partial charge < -0.3 is 14.2 Å². The van der Waals surface area contributed by atoms with Crippen LogP contribution in [-0.2, 0) is 4.74 Å². The number of benzene rings is 1. The van der Waals surface area contributed by atoms with Gasteiger partial charge in [-0.3, -0.25) is 0 Å². The van der Waals surface area contributed by atoms with E-state index in [1.165, 1.54) is 19.1 Å². The lowest BCUT2D eigenvalue weighted by Gasteiger charge is -2.16. The van der Waals surface area contributed by atoms with Crippen molar-refractivity contribution in [3.05, 3.63) is 29.5 Å². The summed E-state index contributed by atoms with van der Waals surface area (Å²) < 4.78 is 88.9. The third-order valence-corrected chi connectivity index (χ3v) is 3.34. The van der Waals surface area contributed by atoms with E-state index in [4.69, 9.17) is 9.47 Å². The van der Waals surface area contributed by atoms with E-state index in [0.717, 1.165) is 6.07 Å². The number of hydrogen-bond acceptors (Lipinski definition) is 5. The number of ether oxygens (including phenoxy) is 3. The molecule has 0 aliphatic carbocycles. The molecule has 1 aromatic carbocycles. The first-order valence-electron chi connectivity index (χ1n) is 7.91. The monoisotopic (exact) mass is 411 g/mol. The number of aromatic nitrogens is 1. The smallest absolute Gasteiger partial charge is 0.422 e. The number of carbonyl (C=O) groups is 1. The Morgan fingerprint density at radius 3 is 2.18 bits per heavy atom. The minimum Gasteiger partial charge on any atom is -0.484 e. The van der Waals surface area contributed by atoms with Crippen molar-refractivity contribution in [1.82, 2.24) is 4.98 Å². The molecule has 2 aromatic rings. The van der Waals surface area contributed by atoms with Gasteiger partial charge in [0.05, 0.1) is 6.61 Å². The minimum absolute atomic E-state index is 0.0548. The van der Waals surface area contributed by atoms with Crippen LogP contribution in [0.4, 0.5) is 26.3 Å². The van der Waals surface area contributed by atoms with Crippen LogP contribution >= 0.6 is 0 Å². The second kappa shape index (κ2) is 8.11. The Balaban J connectivity index is 2.54. The van der Waals surface area contributed by atoms with Crippen LogP contribution in [0.15, 0.2) is 18.2 Å². The Hall–Kier alpha value is -2.72. The Kier molecular flexibility index (Phi) is 6.25. The molecule has 0 amide bonds. The molecule has 5 nitrogen and oxygen atoms in total. The van der Waals surface area contributed by atoms with Crippen LogP contribution in [0.3, 0.4) is 0 Å². The van der Waals surface area contributed by atoms with Crippen LogP contribution < -0.4 is 9.47 Å². The normalized spacial score (nSPS) is 12.1. The summed E-state index contributed by atoms with van der Waals surface area (Å²) in [7, 11) is 0. The van der Waals surface area contributed by atoms with Gasteiger partial charge in [0.15, 0.2) is 13.2 Å². The number of aryl methyl sites for hydroxylation is 1. The molecule has 0 atom stereocenters. The Labute approximate surface area is 155 Å². The van der Waals surface area contributed by atoms with Crippen LogP contribution in [0.2, 0.25) is 0 Å². The molecule has 1 aromatic heterocycles. The predicted molar refractivity (Wildman–Crippen MR) is 85.5 cm³/mol. The summed E-state index contributed by atoms with van der Waals surface area (Å²) in [6.45, 7) is -0.208. The summed E-state index contributed by atoms with van der Waals surface area (Å²) in [5.41, 5.74) is 0.0571. The number of alkyl halides is 6. The van der Waals surface area contributed by atoms with Crippen molar-refractivity contribution in [2.75, 3.05) is 19.8 Å². The molecule has 0 aliphatic heterocycles. The van der Waals surface area contributed by atoms with E-state index in [1.54, 1.807) is 6.92 Å². The quantitative estimate of drug-likeness (QED) is 0.514. The standard InChI is InChI=1S/C17H15F6NO4/c1-3-26-15(25)12-4-9(2)11-5-10(27-7-16(18,19)20)6-13(14(11)24-12)28-8-17(21,22)23/h4-6H,3,7-8H2,1-2H3. The van der Waals surface area contributed by atoms with Crippen molar-refractivity contribution >= 4 is 16.9 Å². The molecule has 0 radical (unpaired) electrons. The number of carbonyl (C=O) groups excluding carboxylic acids is 1. The molecule has 1 heterocycles. The SMILES string of the molecule is CCOC(=O)c1cc(C)c2cc(OCC(F)(F)F)cc(OCC(F)(F)F)c2n1. The highest BCUT2D eigenvalue weighted by atomic mass is 19.4. The van der Waals surface area contributed by atoms with E-state index in [1.807, 2.05) is 0 Å². The van der Waals surface area contributed by atoms with Crippen LogP contribution in [0.1, 0.15) is 23.0 Å². The lowest BCUT2D eigenvalue weighted by Crippen LogP contribution is -2.20. The molecular weight excluding hydrogens is 396 g/mol. The zero-order valence-electron chi connectivity index (χ0n) is 14.7. The van der Waals surface area contributed by atoms with Crippen molar-refractivity contribution in [3.63, 3.8) is 0 Å². The van der Waals surface area contributed by atoms with E-state index in [-0.39, 0.29) is 29.0 Å². The number of nitrogens with zero attached hydrogens (tertiary/aromatic N) is 1. The molecule has 2 rings (SSSR count). The average molecular weight is 411 g/mol. The Morgan fingerprint density at radius 1 is 1.00 bits per heavy atom. The zero-order chi connectivity index (χ0) is 21.1. The first kappa shape index (κ1) is 21.6. The number of halogens is 6. The number of hydrogen-bond donors (Lipinski definition) is 0. The van der Waals surface area contributed by atoms with Gasteiger partial charge in [-0.05, 0) is 31.5 Å². The molecule has 0 bridgehead atoms. The summed E-state index contributed by atoms with van der Waals surface area (Å²) in [6, 6.07) is 3.35. The van der Waals surface area contributed by atoms with Crippen molar-refractivity contribution in [2.24, 2.45) is 0 Å². The van der Waals surface area contributed by atoms with Gasteiger partial charge in [-0.2, -0.15) is 26.3 Å². The van der Waals surface area contributed by atoms with Gasteiger partial charge in [0.25, 0.3) is 0 Å². The first-order chi connectivity index (χ1) is 12.9. The van der Waals surface area contributed by atoms with Gasteiger partial charge in [-0.15, -0.1) is 0 Å². The zero-order valence-corrected chi connectivity index (χ0v) is 14.7. The largest absolute Gasteiger partial charge is 0.484 e. The summed E-state index contributed by atoms with van der Waals surface area (Å²) in [5.74, 6) is -1.62. The molecule has 0 fully saturated rings. The molecule has 11 heteroatoms. The van der Waals surface area contributed by atoms with Crippen LogP contribution in [0.5, 0.6) is 11.5 Å². The van der Waals surface area contributed by atoms with Crippen molar-refractivity contribution in [2.45, 2.75) is 26.2 Å². The second-order valence-corrected chi connectivity index (χ2v) is 5.67. The van der Waals surface area contributed by atoms with E-state index < -0.39 is 37.3 Å². The highest BCUT2D eigenvalue weighted by Crippen LogP contribution is 2.34. The lowest BCUT2D eigenvalue weighted by atomic mass is 10.1. The molecule has 0 saturated carbocycles. The summed E-state index contributed by atoms with van der Waals surface area (Å²) in [4.78, 5) is 15.9. The third-order valence-electron chi connectivity index (χ3n) is 3.34. The average Bonchev–Trinajstić information content (AvgIpc) is 2.57. The van der Waals surface area contributed by atoms with Crippen molar-refractivity contribution < 1.29 is 45.3 Å². The predicted octanol–water partition coefficient (Wildman–Crippen LogP) is 4.60. The molecule has 154 valence electrons. The highest BCUT2D eigenvalue weighted by Gasteiger charge is 2.30. The van der Waals surface area contributed by atoms with Crippen molar-refractivity contribution in [1.29, 1.82) is 0 Å². The minimum atomic E-state index is -4.69. The maximum atomic E-state index is 12.5. The molecule has 0 unspecified atom stereocenters. The molecule has 0 aliphatic rings. The van der Waals surface area contributed by atoms with Crippen LogP contribution in [0, 0.1) is 6.92 Å². The van der Waals surface area contributed by atoms with Gasteiger partial charge in [0.2, 0.25) is 0 Å². The number of fused-ring (bicyclic) bond motifs is 1. The van der Waals surface area contributed by atoms with Crippen molar-refractivity contribution in [3.8, 4) is 11.5 Å². The van der Waals surface area contributed by atoms with E-state index in [2.05, 4.69) is 9.72 Å². The number of pyridine rings is 1. The molecule has 0 spiro atoms.